The topological polar surface area (TPSA) is 87.1 Å². The van der Waals surface area contributed by atoms with Crippen LogP contribution in [0.4, 0.5) is 0 Å². The molecular weight excluding hydrogens is 322 g/mol. The lowest BCUT2D eigenvalue weighted by atomic mass is 9.95. The van der Waals surface area contributed by atoms with Crippen molar-refractivity contribution in [1.82, 2.24) is 4.90 Å². The first-order chi connectivity index (χ1) is 11.9. The molecule has 1 rings (SSSR count). The molecule has 1 aliphatic heterocycles. The van der Waals surface area contributed by atoms with E-state index in [0.717, 1.165) is 58.5 Å². The van der Waals surface area contributed by atoms with E-state index >= 15 is 0 Å². The highest BCUT2D eigenvalue weighted by molar-refractivity contribution is 5.98. The predicted octanol–water partition coefficient (Wildman–Crippen LogP) is 3.17. The number of unbranched alkanes of at least 4 members (excludes halogenated alkanes) is 3. The number of morpholine rings is 1. The van der Waals surface area contributed by atoms with Gasteiger partial charge in [0.15, 0.2) is 0 Å². The maximum absolute atomic E-state index is 11.5. The van der Waals surface area contributed by atoms with Gasteiger partial charge in [-0.3, -0.25) is 4.90 Å². The van der Waals surface area contributed by atoms with Crippen LogP contribution in [0.2, 0.25) is 0 Å². The van der Waals surface area contributed by atoms with Crippen LogP contribution in [0, 0.1) is 5.92 Å². The summed E-state index contributed by atoms with van der Waals surface area (Å²) in [4.78, 5) is 25.3. The lowest BCUT2D eigenvalue weighted by Crippen LogP contribution is -2.36. The van der Waals surface area contributed by atoms with Gasteiger partial charge >= 0.3 is 11.9 Å². The summed E-state index contributed by atoms with van der Waals surface area (Å²) in [5, 5.41) is 18.7. The molecular formula is C19H33NO5. The molecule has 0 aromatic rings. The number of hydrogen-bond donors (Lipinski definition) is 2. The summed E-state index contributed by atoms with van der Waals surface area (Å²) < 4.78 is 5.32. The molecule has 0 bridgehead atoms. The summed E-state index contributed by atoms with van der Waals surface area (Å²) in [6, 6.07) is 0. The molecule has 0 atom stereocenters. The maximum Gasteiger partial charge on any atom is 0.332 e. The van der Waals surface area contributed by atoms with Gasteiger partial charge < -0.3 is 14.9 Å². The minimum absolute atomic E-state index is 0.0783. The highest BCUT2D eigenvalue weighted by Gasteiger charge is 2.20. The van der Waals surface area contributed by atoms with Crippen LogP contribution in [0.25, 0.3) is 0 Å². The summed E-state index contributed by atoms with van der Waals surface area (Å²) in [5.41, 5.74) is 0.163. The SMILES string of the molecule is CC(C)CC/C(C(=O)O)=C(/CCCCCCN1CCOCC1)C(=O)O. The number of hydrogen-bond acceptors (Lipinski definition) is 4. The molecule has 0 aliphatic carbocycles. The van der Waals surface area contributed by atoms with Gasteiger partial charge in [-0.05, 0) is 44.6 Å². The molecule has 0 spiro atoms. The van der Waals surface area contributed by atoms with Crippen molar-refractivity contribution in [3.63, 3.8) is 0 Å². The first-order valence-corrected chi connectivity index (χ1v) is 9.40. The molecule has 0 saturated carbocycles. The zero-order valence-electron chi connectivity index (χ0n) is 15.6. The van der Waals surface area contributed by atoms with Crippen molar-refractivity contribution in [2.45, 2.75) is 58.8 Å². The van der Waals surface area contributed by atoms with E-state index in [0.29, 0.717) is 25.2 Å². The van der Waals surface area contributed by atoms with Crippen LogP contribution in [-0.4, -0.2) is 59.9 Å². The molecule has 25 heavy (non-hydrogen) atoms. The third-order valence-corrected chi connectivity index (χ3v) is 4.61. The first-order valence-electron chi connectivity index (χ1n) is 9.40. The highest BCUT2D eigenvalue weighted by Crippen LogP contribution is 2.21. The molecule has 2 N–H and O–H groups in total. The Morgan fingerprint density at radius 1 is 0.920 bits per heavy atom. The smallest absolute Gasteiger partial charge is 0.332 e. The largest absolute Gasteiger partial charge is 0.478 e. The summed E-state index contributed by atoms with van der Waals surface area (Å²) in [6.45, 7) is 8.66. The second-order valence-corrected chi connectivity index (χ2v) is 7.12. The summed E-state index contributed by atoms with van der Waals surface area (Å²) in [5.74, 6) is -1.83. The molecule has 0 unspecified atom stereocenters. The number of carbonyl (C=O) groups is 2. The Morgan fingerprint density at radius 2 is 1.48 bits per heavy atom. The Labute approximate surface area is 150 Å². The van der Waals surface area contributed by atoms with Crippen LogP contribution < -0.4 is 0 Å². The van der Waals surface area contributed by atoms with E-state index in [2.05, 4.69) is 4.90 Å². The summed E-state index contributed by atoms with van der Waals surface area (Å²) in [6.07, 6.45) is 5.14. The van der Waals surface area contributed by atoms with Gasteiger partial charge in [-0.1, -0.05) is 26.7 Å². The minimum atomic E-state index is -1.09. The second-order valence-electron chi connectivity index (χ2n) is 7.12. The van der Waals surface area contributed by atoms with E-state index in [1.165, 1.54) is 0 Å². The van der Waals surface area contributed by atoms with Gasteiger partial charge in [0, 0.05) is 24.2 Å². The number of rotatable bonds is 12. The number of carboxylic acids is 2. The fourth-order valence-electron chi connectivity index (χ4n) is 3.02. The molecule has 1 heterocycles. The van der Waals surface area contributed by atoms with Gasteiger partial charge in [0.2, 0.25) is 0 Å². The van der Waals surface area contributed by atoms with Crippen molar-refractivity contribution in [3.05, 3.63) is 11.1 Å². The summed E-state index contributed by atoms with van der Waals surface area (Å²) >= 11 is 0. The lowest BCUT2D eigenvalue weighted by Gasteiger charge is -2.26. The molecule has 6 heteroatoms. The van der Waals surface area contributed by atoms with E-state index in [1.54, 1.807) is 0 Å². The molecule has 144 valence electrons. The minimum Gasteiger partial charge on any atom is -0.478 e. The quantitative estimate of drug-likeness (QED) is 0.413. The molecule has 0 radical (unpaired) electrons. The normalized spacial score (nSPS) is 16.8. The first kappa shape index (κ1) is 21.6. The van der Waals surface area contributed by atoms with Crippen LogP contribution in [-0.2, 0) is 14.3 Å². The molecule has 1 saturated heterocycles. The average Bonchev–Trinajstić information content (AvgIpc) is 2.56. The van der Waals surface area contributed by atoms with Gasteiger partial charge in [-0.2, -0.15) is 0 Å². The zero-order chi connectivity index (χ0) is 18.7. The molecule has 0 amide bonds. The fraction of sp³-hybridized carbons (Fsp3) is 0.789. The predicted molar refractivity (Wildman–Crippen MR) is 96.7 cm³/mol. The van der Waals surface area contributed by atoms with Crippen LogP contribution in [0.3, 0.4) is 0 Å². The van der Waals surface area contributed by atoms with Crippen LogP contribution >= 0.6 is 0 Å². The van der Waals surface area contributed by atoms with E-state index in [1.807, 2.05) is 13.8 Å². The molecule has 1 fully saturated rings. The maximum atomic E-state index is 11.5. The van der Waals surface area contributed by atoms with Crippen molar-refractivity contribution in [3.8, 4) is 0 Å². The Balaban J connectivity index is 2.38. The van der Waals surface area contributed by atoms with E-state index in [9.17, 15) is 19.8 Å². The zero-order valence-corrected chi connectivity index (χ0v) is 15.6. The van der Waals surface area contributed by atoms with Gasteiger partial charge in [-0.25, -0.2) is 9.59 Å². The highest BCUT2D eigenvalue weighted by atomic mass is 16.5. The van der Waals surface area contributed by atoms with Crippen LogP contribution in [0.1, 0.15) is 58.8 Å². The third-order valence-electron chi connectivity index (χ3n) is 4.61. The molecule has 0 aromatic carbocycles. The van der Waals surface area contributed by atoms with Crippen molar-refractivity contribution >= 4 is 11.9 Å². The average molecular weight is 355 g/mol. The number of nitrogens with zero attached hydrogens (tertiary/aromatic N) is 1. The van der Waals surface area contributed by atoms with E-state index in [-0.39, 0.29) is 11.1 Å². The Morgan fingerprint density at radius 3 is 2.04 bits per heavy atom. The number of ether oxygens (including phenoxy) is 1. The Kier molecular flexibility index (Phi) is 10.4. The van der Waals surface area contributed by atoms with Crippen LogP contribution in [0.15, 0.2) is 11.1 Å². The fourth-order valence-corrected chi connectivity index (χ4v) is 3.02. The Bertz CT molecular complexity index is 453. The van der Waals surface area contributed by atoms with Crippen molar-refractivity contribution in [1.29, 1.82) is 0 Å². The van der Waals surface area contributed by atoms with Crippen molar-refractivity contribution in [2.24, 2.45) is 5.92 Å². The third kappa shape index (κ3) is 9.02. The molecule has 0 aromatic heterocycles. The van der Waals surface area contributed by atoms with Gasteiger partial charge in [0.1, 0.15) is 0 Å². The van der Waals surface area contributed by atoms with Gasteiger partial charge in [-0.15, -0.1) is 0 Å². The standard InChI is InChI=1S/C19H33NO5/c1-15(2)8-9-17(19(23)24)16(18(21)22)7-5-3-4-6-10-20-11-13-25-14-12-20/h15H,3-14H2,1-2H3,(H,21,22)(H,23,24)/b17-16+. The lowest BCUT2D eigenvalue weighted by molar-refractivity contribution is -0.136. The molecule has 1 aliphatic rings. The Hall–Kier alpha value is -1.40. The van der Waals surface area contributed by atoms with Crippen molar-refractivity contribution < 1.29 is 24.5 Å². The van der Waals surface area contributed by atoms with E-state index < -0.39 is 11.9 Å². The van der Waals surface area contributed by atoms with E-state index in [4.69, 9.17) is 4.74 Å². The summed E-state index contributed by atoms with van der Waals surface area (Å²) in [7, 11) is 0. The van der Waals surface area contributed by atoms with Crippen LogP contribution in [0.5, 0.6) is 0 Å². The number of aliphatic carboxylic acids is 2. The van der Waals surface area contributed by atoms with Gasteiger partial charge in [0.25, 0.3) is 0 Å². The second kappa shape index (κ2) is 12.0. The number of carboxylic acid groups (broad SMARTS) is 2. The monoisotopic (exact) mass is 355 g/mol. The van der Waals surface area contributed by atoms with Gasteiger partial charge in [0.05, 0.1) is 13.2 Å². The van der Waals surface area contributed by atoms with Crippen molar-refractivity contribution in [2.75, 3.05) is 32.8 Å². The molecule has 6 nitrogen and oxygen atoms in total.